The fraction of sp³-hybridized carbons (Fsp3) is 0.688. The number of nitrogens with zero attached hydrogens (tertiary/aromatic N) is 2. The minimum atomic E-state index is -0.306. The summed E-state index contributed by atoms with van der Waals surface area (Å²) in [7, 11) is 0. The predicted molar refractivity (Wildman–Crippen MR) is 82.5 cm³/mol. The summed E-state index contributed by atoms with van der Waals surface area (Å²) in [6, 6.07) is 1.56. The lowest BCUT2D eigenvalue weighted by Crippen LogP contribution is -2.45. The summed E-state index contributed by atoms with van der Waals surface area (Å²) in [5, 5.41) is 9.66. The third kappa shape index (κ3) is 4.32. The average Bonchev–Trinajstić information content (AvgIpc) is 2.33. The highest BCUT2D eigenvalue weighted by Gasteiger charge is 2.23. The Kier molecular flexibility index (Phi) is 5.06. The summed E-state index contributed by atoms with van der Waals surface area (Å²) in [5.41, 5.74) is 0.646. The molecule has 1 N–H and O–H groups in total. The second kappa shape index (κ2) is 6.62. The van der Waals surface area contributed by atoms with E-state index in [2.05, 4.69) is 32.6 Å². The standard InChI is InChI=1S/C16H26N2O3/c1-11(2)6-18-10-16(20)15(19)5-14(18)9-17-7-12(3)21-13(4)8-17/h5,10-13,20H,6-9H2,1-4H3. The zero-order chi connectivity index (χ0) is 15.6. The molecular weight excluding hydrogens is 268 g/mol. The molecule has 21 heavy (non-hydrogen) atoms. The van der Waals surface area contributed by atoms with Crippen molar-refractivity contribution in [3.05, 3.63) is 28.2 Å². The Balaban J connectivity index is 2.21. The lowest BCUT2D eigenvalue weighted by atomic mass is 10.2. The third-order valence-electron chi connectivity index (χ3n) is 3.64. The van der Waals surface area contributed by atoms with E-state index in [1.54, 1.807) is 12.3 Å². The van der Waals surface area contributed by atoms with E-state index in [1.165, 1.54) is 0 Å². The van der Waals surface area contributed by atoms with Crippen LogP contribution in [0.1, 0.15) is 33.4 Å². The van der Waals surface area contributed by atoms with Crippen molar-refractivity contribution >= 4 is 0 Å². The van der Waals surface area contributed by atoms with Crippen LogP contribution in [0, 0.1) is 5.92 Å². The van der Waals surface area contributed by atoms with E-state index in [0.29, 0.717) is 12.5 Å². The second-order valence-corrected chi connectivity index (χ2v) is 6.51. The van der Waals surface area contributed by atoms with E-state index in [9.17, 15) is 9.90 Å². The van der Waals surface area contributed by atoms with Crippen LogP contribution in [-0.4, -0.2) is 39.9 Å². The molecule has 0 radical (unpaired) electrons. The number of rotatable bonds is 4. The fourth-order valence-corrected chi connectivity index (χ4v) is 2.94. The van der Waals surface area contributed by atoms with Crippen LogP contribution >= 0.6 is 0 Å². The summed E-state index contributed by atoms with van der Waals surface area (Å²) in [4.78, 5) is 14.0. The first-order valence-electron chi connectivity index (χ1n) is 7.65. The van der Waals surface area contributed by atoms with Gasteiger partial charge >= 0.3 is 0 Å². The molecule has 1 fully saturated rings. The molecule has 5 heteroatoms. The van der Waals surface area contributed by atoms with Crippen molar-refractivity contribution in [1.29, 1.82) is 0 Å². The van der Waals surface area contributed by atoms with Crippen LogP contribution in [0.25, 0.3) is 0 Å². The zero-order valence-electron chi connectivity index (χ0n) is 13.4. The van der Waals surface area contributed by atoms with E-state index in [0.717, 1.165) is 25.3 Å². The highest BCUT2D eigenvalue weighted by Crippen LogP contribution is 2.16. The Morgan fingerprint density at radius 1 is 1.33 bits per heavy atom. The Bertz CT molecular complexity index is 529. The van der Waals surface area contributed by atoms with Gasteiger partial charge in [-0.1, -0.05) is 13.8 Å². The molecule has 2 atom stereocenters. The Morgan fingerprint density at radius 2 is 1.95 bits per heavy atom. The molecule has 5 nitrogen and oxygen atoms in total. The van der Waals surface area contributed by atoms with Gasteiger partial charge in [0.1, 0.15) is 0 Å². The minimum absolute atomic E-state index is 0.178. The van der Waals surface area contributed by atoms with Crippen LogP contribution in [0.2, 0.25) is 0 Å². The largest absolute Gasteiger partial charge is 0.503 e. The maximum absolute atomic E-state index is 11.7. The van der Waals surface area contributed by atoms with E-state index in [-0.39, 0.29) is 23.4 Å². The maximum atomic E-state index is 11.7. The summed E-state index contributed by atoms with van der Waals surface area (Å²) < 4.78 is 7.73. The summed E-state index contributed by atoms with van der Waals surface area (Å²) in [6.45, 7) is 11.6. The highest BCUT2D eigenvalue weighted by molar-refractivity contribution is 5.20. The van der Waals surface area contributed by atoms with Gasteiger partial charge in [-0.25, -0.2) is 0 Å². The summed E-state index contributed by atoms with van der Waals surface area (Å²) in [6.07, 6.45) is 1.97. The topological polar surface area (TPSA) is 54.7 Å². The quantitative estimate of drug-likeness (QED) is 0.920. The van der Waals surface area contributed by atoms with Gasteiger partial charge in [-0.05, 0) is 19.8 Å². The number of morpholine rings is 1. The molecule has 0 bridgehead atoms. The first-order valence-corrected chi connectivity index (χ1v) is 7.65. The van der Waals surface area contributed by atoms with Gasteiger partial charge in [0.25, 0.3) is 0 Å². The van der Waals surface area contributed by atoms with E-state index in [4.69, 9.17) is 4.74 Å². The normalized spacial score (nSPS) is 23.7. The molecule has 0 aliphatic carbocycles. The van der Waals surface area contributed by atoms with E-state index < -0.39 is 0 Å². The Labute approximate surface area is 126 Å². The van der Waals surface area contributed by atoms with Crippen molar-refractivity contribution < 1.29 is 9.84 Å². The molecule has 0 spiro atoms. The SMILES string of the molecule is CC(C)Cn1cc(O)c(=O)cc1CN1CC(C)OC(C)C1. The van der Waals surface area contributed by atoms with Gasteiger partial charge in [0, 0.05) is 37.9 Å². The van der Waals surface area contributed by atoms with Crippen molar-refractivity contribution in [1.82, 2.24) is 9.47 Å². The molecule has 2 rings (SSSR count). The molecule has 1 saturated heterocycles. The first-order chi connectivity index (χ1) is 9.85. The van der Waals surface area contributed by atoms with Crippen molar-refractivity contribution in [2.24, 2.45) is 5.92 Å². The molecule has 118 valence electrons. The smallest absolute Gasteiger partial charge is 0.223 e. The van der Waals surface area contributed by atoms with Gasteiger partial charge in [0.05, 0.1) is 18.4 Å². The van der Waals surface area contributed by atoms with Crippen molar-refractivity contribution in [2.75, 3.05) is 13.1 Å². The molecule has 0 aromatic carbocycles. The number of hydrogen-bond acceptors (Lipinski definition) is 4. The molecule has 1 aliphatic heterocycles. The lowest BCUT2D eigenvalue weighted by molar-refractivity contribution is -0.0710. The summed E-state index contributed by atoms with van der Waals surface area (Å²) >= 11 is 0. The molecule has 1 aliphatic rings. The number of aromatic hydroxyl groups is 1. The monoisotopic (exact) mass is 294 g/mol. The number of hydrogen-bond donors (Lipinski definition) is 1. The van der Waals surface area contributed by atoms with Crippen molar-refractivity contribution in [2.45, 2.75) is 53.0 Å². The number of ether oxygens (including phenoxy) is 1. The fourth-order valence-electron chi connectivity index (χ4n) is 2.94. The number of aromatic nitrogens is 1. The molecule has 0 amide bonds. The van der Waals surface area contributed by atoms with Gasteiger partial charge in [0.2, 0.25) is 5.43 Å². The van der Waals surface area contributed by atoms with Gasteiger partial charge in [0.15, 0.2) is 5.75 Å². The Hall–Kier alpha value is -1.33. The maximum Gasteiger partial charge on any atom is 0.223 e. The van der Waals surface area contributed by atoms with Gasteiger partial charge < -0.3 is 14.4 Å². The van der Waals surface area contributed by atoms with Gasteiger partial charge in [-0.3, -0.25) is 9.69 Å². The molecular formula is C16H26N2O3. The summed E-state index contributed by atoms with van der Waals surface area (Å²) in [5.74, 6) is 0.274. The van der Waals surface area contributed by atoms with E-state index >= 15 is 0 Å². The van der Waals surface area contributed by atoms with Gasteiger partial charge in [-0.15, -0.1) is 0 Å². The van der Waals surface area contributed by atoms with Crippen LogP contribution in [-0.2, 0) is 17.8 Å². The average molecular weight is 294 g/mol. The Morgan fingerprint density at radius 3 is 2.52 bits per heavy atom. The van der Waals surface area contributed by atoms with Crippen LogP contribution in [0.4, 0.5) is 0 Å². The first kappa shape index (κ1) is 16.0. The molecule has 1 aromatic rings. The number of pyridine rings is 1. The van der Waals surface area contributed by atoms with Crippen molar-refractivity contribution in [3.63, 3.8) is 0 Å². The highest BCUT2D eigenvalue weighted by atomic mass is 16.5. The van der Waals surface area contributed by atoms with Crippen LogP contribution in [0.3, 0.4) is 0 Å². The molecule has 0 saturated carbocycles. The van der Waals surface area contributed by atoms with Crippen LogP contribution < -0.4 is 5.43 Å². The molecule has 2 unspecified atom stereocenters. The van der Waals surface area contributed by atoms with E-state index in [1.807, 2.05) is 4.57 Å². The van der Waals surface area contributed by atoms with Gasteiger partial charge in [-0.2, -0.15) is 0 Å². The third-order valence-corrected chi connectivity index (χ3v) is 3.64. The zero-order valence-corrected chi connectivity index (χ0v) is 13.4. The van der Waals surface area contributed by atoms with Crippen molar-refractivity contribution in [3.8, 4) is 5.75 Å². The predicted octanol–water partition coefficient (Wildman–Crippen LogP) is 1.82. The lowest BCUT2D eigenvalue weighted by Gasteiger charge is -2.35. The molecule has 2 heterocycles. The second-order valence-electron chi connectivity index (χ2n) is 6.51. The van der Waals surface area contributed by atoms with Crippen LogP contribution in [0.5, 0.6) is 5.75 Å². The minimum Gasteiger partial charge on any atom is -0.503 e. The van der Waals surface area contributed by atoms with Crippen LogP contribution in [0.15, 0.2) is 17.1 Å². The molecule has 1 aromatic heterocycles.